The molecule has 0 fully saturated rings. The number of aliphatic carboxylic acids is 1. The van der Waals surface area contributed by atoms with Crippen LogP contribution >= 0.6 is 0 Å². The van der Waals surface area contributed by atoms with Gasteiger partial charge in [0.15, 0.2) is 12.1 Å². The first-order valence-corrected chi connectivity index (χ1v) is 24.5. The average molecular weight is 833 g/mol. The minimum atomic E-state index is -0.876. The molecule has 0 saturated carbocycles. The van der Waals surface area contributed by atoms with E-state index in [0.717, 1.165) is 64.2 Å². The molecule has 2 atom stereocenters. The highest BCUT2D eigenvalue weighted by atomic mass is 16.6. The van der Waals surface area contributed by atoms with Crippen LogP contribution < -0.4 is 0 Å². The molecule has 0 spiro atoms. The summed E-state index contributed by atoms with van der Waals surface area (Å²) in [5, 5.41) is 9.64. The van der Waals surface area contributed by atoms with E-state index in [-0.39, 0.29) is 36.2 Å². The van der Waals surface area contributed by atoms with Crippen LogP contribution in [0.25, 0.3) is 0 Å². The second-order valence-corrected chi connectivity index (χ2v) is 17.7. The molecular formula is C51H94NO7+. The van der Waals surface area contributed by atoms with E-state index in [0.29, 0.717) is 19.3 Å². The minimum Gasteiger partial charge on any atom is -0.477 e. The third kappa shape index (κ3) is 40.7. The molecule has 0 radical (unpaired) electrons. The lowest BCUT2D eigenvalue weighted by molar-refractivity contribution is -0.887. The van der Waals surface area contributed by atoms with E-state index < -0.39 is 18.1 Å². The molecule has 0 amide bonds. The van der Waals surface area contributed by atoms with Gasteiger partial charge in [-0.3, -0.25) is 9.59 Å². The van der Waals surface area contributed by atoms with Gasteiger partial charge in [-0.2, -0.15) is 0 Å². The molecule has 344 valence electrons. The van der Waals surface area contributed by atoms with Gasteiger partial charge in [0.1, 0.15) is 6.61 Å². The van der Waals surface area contributed by atoms with E-state index >= 15 is 0 Å². The number of carbonyl (C=O) groups excluding carboxylic acids is 2. The standard InChI is InChI=1S/C51H93NO7/c1-6-8-10-12-14-16-18-20-22-24-25-26-28-30-32-34-36-38-40-42-50(54)59-47(45-57-44-43-48(51(55)56)52(3,4)5)46-58-49(53)41-39-37-35-33-31-29-27-23-21-19-17-15-13-11-9-7-2/h14,16,20,22,25-26,47-48H,6-13,15,17-19,21,23-24,27-46H2,1-5H3/p+1/b16-14-,22-20-,26-25-. The van der Waals surface area contributed by atoms with Crippen molar-refractivity contribution in [2.45, 2.75) is 231 Å². The number of allylic oxidation sites excluding steroid dienone is 6. The lowest BCUT2D eigenvalue weighted by Gasteiger charge is -2.31. The number of hydrogen-bond donors (Lipinski definition) is 1. The number of hydrogen-bond acceptors (Lipinski definition) is 6. The van der Waals surface area contributed by atoms with E-state index in [9.17, 15) is 19.5 Å². The van der Waals surface area contributed by atoms with E-state index in [1.165, 1.54) is 122 Å². The molecule has 0 bridgehead atoms. The van der Waals surface area contributed by atoms with Crippen LogP contribution in [0.15, 0.2) is 36.5 Å². The fraction of sp³-hybridized carbons (Fsp3) is 0.824. The molecule has 8 nitrogen and oxygen atoms in total. The number of nitrogens with zero attached hydrogens (tertiary/aromatic N) is 1. The van der Waals surface area contributed by atoms with Gasteiger partial charge in [-0.25, -0.2) is 4.79 Å². The van der Waals surface area contributed by atoms with Crippen molar-refractivity contribution >= 4 is 17.9 Å². The Balaban J connectivity index is 4.30. The average Bonchev–Trinajstić information content (AvgIpc) is 3.19. The monoisotopic (exact) mass is 833 g/mol. The molecular weight excluding hydrogens is 739 g/mol. The van der Waals surface area contributed by atoms with E-state index in [4.69, 9.17) is 14.2 Å². The molecule has 0 aromatic carbocycles. The molecule has 0 aliphatic rings. The zero-order valence-corrected chi connectivity index (χ0v) is 39.2. The molecule has 59 heavy (non-hydrogen) atoms. The molecule has 2 unspecified atom stereocenters. The lowest BCUT2D eigenvalue weighted by Crippen LogP contribution is -2.50. The quantitative estimate of drug-likeness (QED) is 0.0282. The van der Waals surface area contributed by atoms with Gasteiger partial charge >= 0.3 is 17.9 Å². The summed E-state index contributed by atoms with van der Waals surface area (Å²) in [7, 11) is 5.53. The van der Waals surface area contributed by atoms with Gasteiger partial charge in [-0.15, -0.1) is 0 Å². The fourth-order valence-corrected chi connectivity index (χ4v) is 7.22. The van der Waals surface area contributed by atoms with Gasteiger partial charge in [-0.1, -0.05) is 185 Å². The van der Waals surface area contributed by atoms with E-state index in [1.54, 1.807) is 0 Å². The summed E-state index contributed by atoms with van der Waals surface area (Å²) in [5.41, 5.74) is 0. The molecule has 8 heteroatoms. The van der Waals surface area contributed by atoms with Crippen molar-refractivity contribution in [3.63, 3.8) is 0 Å². The maximum Gasteiger partial charge on any atom is 0.362 e. The number of unbranched alkanes of at least 4 members (excludes halogenated alkanes) is 24. The van der Waals surface area contributed by atoms with Crippen LogP contribution in [-0.4, -0.2) is 80.6 Å². The summed E-state index contributed by atoms with van der Waals surface area (Å²) in [6.07, 6.45) is 48.9. The maximum absolute atomic E-state index is 12.8. The lowest BCUT2D eigenvalue weighted by atomic mass is 10.0. The Morgan fingerprint density at radius 2 is 0.898 bits per heavy atom. The van der Waals surface area contributed by atoms with Gasteiger partial charge in [0.2, 0.25) is 0 Å². The smallest absolute Gasteiger partial charge is 0.362 e. The number of esters is 2. The highest BCUT2D eigenvalue weighted by Gasteiger charge is 2.31. The third-order valence-electron chi connectivity index (χ3n) is 11.0. The Morgan fingerprint density at radius 1 is 0.508 bits per heavy atom. The zero-order chi connectivity index (χ0) is 43.5. The third-order valence-corrected chi connectivity index (χ3v) is 11.0. The van der Waals surface area contributed by atoms with Crippen molar-refractivity contribution in [3.05, 3.63) is 36.5 Å². The summed E-state index contributed by atoms with van der Waals surface area (Å²) < 4.78 is 17.3. The normalized spacial score (nSPS) is 13.2. The predicted octanol–water partition coefficient (Wildman–Crippen LogP) is 13.8. The molecule has 0 heterocycles. The Bertz CT molecular complexity index is 1060. The molecule has 0 aliphatic heterocycles. The van der Waals surface area contributed by atoms with Crippen molar-refractivity contribution in [1.82, 2.24) is 0 Å². The second kappa shape index (κ2) is 42.2. The topological polar surface area (TPSA) is 99.1 Å². The largest absolute Gasteiger partial charge is 0.477 e. The molecule has 0 rings (SSSR count). The number of rotatable bonds is 44. The van der Waals surface area contributed by atoms with Crippen LogP contribution in [-0.2, 0) is 28.6 Å². The molecule has 0 aromatic rings. The maximum atomic E-state index is 12.8. The Morgan fingerprint density at radius 3 is 1.36 bits per heavy atom. The van der Waals surface area contributed by atoms with Crippen molar-refractivity contribution in [2.24, 2.45) is 0 Å². The molecule has 0 saturated heterocycles. The van der Waals surface area contributed by atoms with E-state index in [1.807, 2.05) is 21.1 Å². The molecule has 1 N–H and O–H groups in total. The second-order valence-electron chi connectivity index (χ2n) is 17.7. The number of carboxylic acids is 1. The predicted molar refractivity (Wildman–Crippen MR) is 248 cm³/mol. The number of carboxylic acid groups (broad SMARTS) is 1. The van der Waals surface area contributed by atoms with Crippen LogP contribution in [0.4, 0.5) is 0 Å². The number of ether oxygens (including phenoxy) is 3. The van der Waals surface area contributed by atoms with Gasteiger partial charge in [-0.05, 0) is 51.4 Å². The summed E-state index contributed by atoms with van der Waals surface area (Å²) in [6.45, 7) is 4.72. The van der Waals surface area contributed by atoms with Crippen molar-refractivity contribution in [1.29, 1.82) is 0 Å². The van der Waals surface area contributed by atoms with Gasteiger partial charge in [0, 0.05) is 19.3 Å². The molecule has 0 aliphatic carbocycles. The van der Waals surface area contributed by atoms with Crippen molar-refractivity contribution in [3.8, 4) is 0 Å². The summed E-state index contributed by atoms with van der Waals surface area (Å²) in [5.74, 6) is -1.47. The molecule has 0 aromatic heterocycles. The summed E-state index contributed by atoms with van der Waals surface area (Å²) >= 11 is 0. The summed E-state index contributed by atoms with van der Waals surface area (Å²) in [4.78, 5) is 37.1. The first-order valence-electron chi connectivity index (χ1n) is 24.5. The van der Waals surface area contributed by atoms with Crippen LogP contribution in [0.3, 0.4) is 0 Å². The van der Waals surface area contributed by atoms with Gasteiger partial charge in [0.25, 0.3) is 0 Å². The first-order chi connectivity index (χ1) is 28.6. The van der Waals surface area contributed by atoms with Crippen LogP contribution in [0.1, 0.15) is 219 Å². The zero-order valence-electron chi connectivity index (χ0n) is 39.2. The van der Waals surface area contributed by atoms with Crippen molar-refractivity contribution in [2.75, 3.05) is 41.0 Å². The minimum absolute atomic E-state index is 0.0532. The van der Waals surface area contributed by atoms with Crippen LogP contribution in [0.2, 0.25) is 0 Å². The van der Waals surface area contributed by atoms with Crippen LogP contribution in [0, 0.1) is 0 Å². The van der Waals surface area contributed by atoms with Gasteiger partial charge in [0.05, 0.1) is 34.4 Å². The Labute approximate surface area is 364 Å². The number of quaternary nitrogens is 1. The Kier molecular flexibility index (Phi) is 40.5. The van der Waals surface area contributed by atoms with Crippen LogP contribution in [0.5, 0.6) is 0 Å². The highest BCUT2D eigenvalue weighted by Crippen LogP contribution is 2.15. The Hall–Kier alpha value is -2.45. The number of likely N-dealkylation sites (N-methyl/N-ethyl adjacent to an activating group) is 1. The number of carbonyl (C=O) groups is 3. The van der Waals surface area contributed by atoms with Gasteiger partial charge < -0.3 is 23.8 Å². The highest BCUT2D eigenvalue weighted by molar-refractivity contribution is 5.72. The fourth-order valence-electron chi connectivity index (χ4n) is 7.22. The van der Waals surface area contributed by atoms with E-state index in [2.05, 4.69) is 50.3 Å². The van der Waals surface area contributed by atoms with Crippen molar-refractivity contribution < 1.29 is 38.2 Å². The SMILES string of the molecule is CCCCC/C=C\C/C=C\C/C=C\CCCCCCCCC(=O)OC(COCCC(C(=O)O)[N+](C)(C)C)COC(=O)CCCCCCCCCCCCCCCCCC. The first kappa shape index (κ1) is 56.5. The summed E-state index contributed by atoms with van der Waals surface area (Å²) in [6, 6.07) is -0.616.